The van der Waals surface area contributed by atoms with Gasteiger partial charge in [-0.15, -0.1) is 0 Å². The van der Waals surface area contributed by atoms with E-state index in [0.29, 0.717) is 5.69 Å². The fourth-order valence-corrected chi connectivity index (χ4v) is 2.40. The second-order valence-electron chi connectivity index (χ2n) is 5.53. The quantitative estimate of drug-likeness (QED) is 0.938. The van der Waals surface area contributed by atoms with Crippen molar-refractivity contribution in [2.45, 2.75) is 0 Å². The van der Waals surface area contributed by atoms with Crippen LogP contribution in [-0.2, 0) is 4.79 Å². The van der Waals surface area contributed by atoms with E-state index in [1.165, 1.54) is 35.2 Å². The van der Waals surface area contributed by atoms with E-state index in [1.54, 1.807) is 0 Å². The maximum absolute atomic E-state index is 13.2. The van der Waals surface area contributed by atoms with E-state index < -0.39 is 29.3 Å². The van der Waals surface area contributed by atoms with Crippen molar-refractivity contribution in [1.82, 2.24) is 4.90 Å². The number of nitrogens with one attached hydrogen (secondary N) is 1. The fraction of sp³-hybridized carbons (Fsp3) is 0.176. The van der Waals surface area contributed by atoms with E-state index in [4.69, 9.17) is 0 Å². The maximum Gasteiger partial charge on any atom is 0.254 e. The summed E-state index contributed by atoms with van der Waals surface area (Å²) < 4.78 is 38.9. The van der Waals surface area contributed by atoms with E-state index >= 15 is 0 Å². The number of carbonyl (C=O) groups is 2. The van der Waals surface area contributed by atoms with E-state index in [9.17, 15) is 22.8 Å². The molecule has 2 amide bonds. The minimum absolute atomic E-state index is 0.0336. The first-order valence-corrected chi connectivity index (χ1v) is 7.25. The van der Waals surface area contributed by atoms with Gasteiger partial charge in [0.2, 0.25) is 5.91 Å². The summed E-state index contributed by atoms with van der Waals surface area (Å²) in [6.07, 6.45) is 0. The summed E-state index contributed by atoms with van der Waals surface area (Å²) in [5.74, 6) is -3.65. The highest BCUT2D eigenvalue weighted by atomic mass is 19.2. The average Bonchev–Trinajstić information content (AvgIpc) is 2.50. The number of anilines is 1. The number of amides is 2. The zero-order valence-electron chi connectivity index (χ0n) is 12.4. The first-order chi connectivity index (χ1) is 11.4. The Kier molecular flexibility index (Phi) is 4.24. The second-order valence-corrected chi connectivity index (χ2v) is 5.53. The van der Waals surface area contributed by atoms with Gasteiger partial charge in [-0.3, -0.25) is 9.59 Å². The standard InChI is InChI=1S/C17H13F3N2O2/c18-12-2-4-13(5-3-12)21-16(23)11-8-22(9-11)17(24)10-1-6-14(19)15(20)7-10/h1-7,11H,8-9H2,(H,21,23). The van der Waals surface area contributed by atoms with Crippen molar-refractivity contribution in [3.63, 3.8) is 0 Å². The third-order valence-electron chi connectivity index (χ3n) is 3.82. The summed E-state index contributed by atoms with van der Waals surface area (Å²) in [6, 6.07) is 8.27. The molecule has 0 unspecified atom stereocenters. The Bertz CT molecular complexity index is 787. The average molecular weight is 334 g/mol. The van der Waals surface area contributed by atoms with Crippen molar-refractivity contribution in [1.29, 1.82) is 0 Å². The summed E-state index contributed by atoms with van der Waals surface area (Å²) in [5, 5.41) is 2.63. The number of hydrogen-bond acceptors (Lipinski definition) is 2. The van der Waals surface area contributed by atoms with Crippen molar-refractivity contribution in [2.75, 3.05) is 18.4 Å². The highest BCUT2D eigenvalue weighted by Crippen LogP contribution is 2.21. The molecule has 0 radical (unpaired) electrons. The molecule has 1 fully saturated rings. The lowest BCUT2D eigenvalue weighted by Gasteiger charge is -2.38. The molecule has 2 aromatic rings. The molecule has 3 rings (SSSR count). The first kappa shape index (κ1) is 16.0. The van der Waals surface area contributed by atoms with Gasteiger partial charge in [0.15, 0.2) is 11.6 Å². The highest BCUT2D eigenvalue weighted by molar-refractivity contribution is 5.98. The predicted octanol–water partition coefficient (Wildman–Crippen LogP) is 2.81. The summed E-state index contributed by atoms with van der Waals surface area (Å²) >= 11 is 0. The molecule has 0 aliphatic carbocycles. The van der Waals surface area contributed by atoms with Gasteiger partial charge in [-0.25, -0.2) is 13.2 Å². The number of likely N-dealkylation sites (tertiary alicyclic amines) is 1. The molecule has 4 nitrogen and oxygen atoms in total. The first-order valence-electron chi connectivity index (χ1n) is 7.25. The molecular formula is C17H13F3N2O2. The lowest BCUT2D eigenvalue weighted by molar-refractivity contribution is -0.123. The van der Waals surface area contributed by atoms with Crippen LogP contribution in [0.4, 0.5) is 18.9 Å². The number of nitrogens with zero attached hydrogens (tertiary/aromatic N) is 1. The summed E-state index contributed by atoms with van der Waals surface area (Å²) in [4.78, 5) is 25.5. The number of halogens is 3. The molecule has 0 saturated carbocycles. The second kappa shape index (κ2) is 6.35. The van der Waals surface area contributed by atoms with Gasteiger partial charge < -0.3 is 10.2 Å². The molecule has 1 aliphatic heterocycles. The molecule has 1 N–H and O–H groups in total. The molecular weight excluding hydrogens is 321 g/mol. The molecule has 0 bridgehead atoms. The van der Waals surface area contributed by atoms with Crippen LogP contribution in [0.2, 0.25) is 0 Å². The number of carbonyl (C=O) groups excluding carboxylic acids is 2. The van der Waals surface area contributed by atoms with Gasteiger partial charge in [0.1, 0.15) is 5.82 Å². The number of rotatable bonds is 3. The van der Waals surface area contributed by atoms with Crippen LogP contribution in [0.5, 0.6) is 0 Å². The van der Waals surface area contributed by atoms with E-state index in [2.05, 4.69) is 5.32 Å². The Hall–Kier alpha value is -2.83. The lowest BCUT2D eigenvalue weighted by atomic mass is 9.97. The van der Waals surface area contributed by atoms with Gasteiger partial charge in [0.05, 0.1) is 5.92 Å². The van der Waals surface area contributed by atoms with E-state index in [0.717, 1.165) is 12.1 Å². The largest absolute Gasteiger partial charge is 0.337 e. The molecule has 1 heterocycles. The van der Waals surface area contributed by atoms with E-state index in [1.807, 2.05) is 0 Å². The van der Waals surface area contributed by atoms with Gasteiger partial charge in [0, 0.05) is 24.3 Å². The van der Waals surface area contributed by atoms with Crippen LogP contribution in [-0.4, -0.2) is 29.8 Å². The molecule has 0 atom stereocenters. The Morgan fingerprint density at radius 3 is 2.25 bits per heavy atom. The van der Waals surface area contributed by atoms with Crippen molar-refractivity contribution in [3.05, 3.63) is 65.5 Å². The lowest BCUT2D eigenvalue weighted by Crippen LogP contribution is -2.54. The third kappa shape index (κ3) is 3.24. The molecule has 124 valence electrons. The zero-order chi connectivity index (χ0) is 17.3. The van der Waals surface area contributed by atoms with Crippen LogP contribution < -0.4 is 5.32 Å². The normalized spacial score (nSPS) is 14.2. The van der Waals surface area contributed by atoms with Gasteiger partial charge in [0.25, 0.3) is 5.91 Å². The molecule has 1 saturated heterocycles. The van der Waals surface area contributed by atoms with Crippen LogP contribution in [0, 0.1) is 23.4 Å². The molecule has 0 aromatic heterocycles. The molecule has 24 heavy (non-hydrogen) atoms. The van der Waals surface area contributed by atoms with Gasteiger partial charge >= 0.3 is 0 Å². The zero-order valence-corrected chi connectivity index (χ0v) is 12.4. The monoisotopic (exact) mass is 334 g/mol. The van der Waals surface area contributed by atoms with Gasteiger partial charge in [-0.2, -0.15) is 0 Å². The van der Waals surface area contributed by atoms with Crippen LogP contribution in [0.25, 0.3) is 0 Å². The Labute approximate surface area is 135 Å². The molecule has 7 heteroatoms. The summed E-state index contributed by atoms with van der Waals surface area (Å²) in [5.41, 5.74) is 0.498. The van der Waals surface area contributed by atoms with Crippen molar-refractivity contribution >= 4 is 17.5 Å². The Morgan fingerprint density at radius 1 is 0.958 bits per heavy atom. The number of benzene rings is 2. The van der Waals surface area contributed by atoms with Gasteiger partial charge in [-0.1, -0.05) is 0 Å². The Balaban J connectivity index is 1.56. The van der Waals surface area contributed by atoms with Crippen molar-refractivity contribution in [3.8, 4) is 0 Å². The summed E-state index contributed by atoms with van der Waals surface area (Å²) in [7, 11) is 0. The molecule has 0 spiro atoms. The van der Waals surface area contributed by atoms with Crippen LogP contribution in [0.3, 0.4) is 0 Å². The predicted molar refractivity (Wildman–Crippen MR) is 80.8 cm³/mol. The third-order valence-corrected chi connectivity index (χ3v) is 3.82. The topological polar surface area (TPSA) is 49.4 Å². The molecule has 1 aliphatic rings. The molecule has 2 aromatic carbocycles. The fourth-order valence-electron chi connectivity index (χ4n) is 2.40. The van der Waals surface area contributed by atoms with Crippen LogP contribution in [0.15, 0.2) is 42.5 Å². The van der Waals surface area contributed by atoms with Crippen molar-refractivity contribution in [2.24, 2.45) is 5.92 Å². The van der Waals surface area contributed by atoms with Crippen molar-refractivity contribution < 1.29 is 22.8 Å². The maximum atomic E-state index is 13.2. The minimum Gasteiger partial charge on any atom is -0.337 e. The number of hydrogen-bond donors (Lipinski definition) is 1. The van der Waals surface area contributed by atoms with Crippen LogP contribution >= 0.6 is 0 Å². The van der Waals surface area contributed by atoms with Gasteiger partial charge in [-0.05, 0) is 42.5 Å². The van der Waals surface area contributed by atoms with Crippen LogP contribution in [0.1, 0.15) is 10.4 Å². The Morgan fingerprint density at radius 2 is 1.62 bits per heavy atom. The smallest absolute Gasteiger partial charge is 0.254 e. The van der Waals surface area contributed by atoms with E-state index in [-0.39, 0.29) is 24.6 Å². The minimum atomic E-state index is -1.09. The SMILES string of the molecule is O=C(Nc1ccc(F)cc1)C1CN(C(=O)c2ccc(F)c(F)c2)C1. The highest BCUT2D eigenvalue weighted by Gasteiger charge is 2.36. The summed E-state index contributed by atoms with van der Waals surface area (Å²) in [6.45, 7) is 0.371.